The molecule has 0 bridgehead atoms. The number of para-hydroxylation sites is 2. The van der Waals surface area contributed by atoms with Crippen LogP contribution in [0.2, 0.25) is 0 Å². The molecule has 2 heterocycles. The van der Waals surface area contributed by atoms with Crippen LogP contribution in [-0.2, 0) is 4.79 Å². The van der Waals surface area contributed by atoms with E-state index in [-0.39, 0.29) is 12.6 Å². The fourth-order valence-electron chi connectivity index (χ4n) is 3.47. The second-order valence-electron chi connectivity index (χ2n) is 7.17. The first kappa shape index (κ1) is 20.3. The van der Waals surface area contributed by atoms with Gasteiger partial charge in [0, 0.05) is 17.5 Å². The number of hydrogen-bond donors (Lipinski definition) is 0. The first-order valence-corrected chi connectivity index (χ1v) is 10.1. The number of guanidine groups is 1. The van der Waals surface area contributed by atoms with Crippen molar-refractivity contribution in [1.82, 2.24) is 0 Å². The minimum absolute atomic E-state index is 0.0958. The van der Waals surface area contributed by atoms with Crippen molar-refractivity contribution in [3.8, 4) is 22.6 Å². The van der Waals surface area contributed by atoms with Crippen LogP contribution in [0.3, 0.4) is 0 Å². The molecule has 0 saturated heterocycles. The number of hydrogen-bond acceptors (Lipinski definition) is 5. The van der Waals surface area contributed by atoms with E-state index in [0.717, 1.165) is 22.3 Å². The minimum atomic E-state index is -0.529. The summed E-state index contributed by atoms with van der Waals surface area (Å²) in [6.45, 7) is -0.307. The normalized spacial score (nSPS) is 12.0. The van der Waals surface area contributed by atoms with E-state index in [9.17, 15) is 9.59 Å². The van der Waals surface area contributed by atoms with Crippen LogP contribution in [0, 0.1) is 0 Å². The van der Waals surface area contributed by atoms with Gasteiger partial charge in [-0.2, -0.15) is 4.99 Å². The van der Waals surface area contributed by atoms with Crippen LogP contribution >= 0.6 is 0 Å². The fourth-order valence-corrected chi connectivity index (χ4v) is 3.47. The van der Waals surface area contributed by atoms with Crippen LogP contribution in [0.1, 0.15) is 0 Å². The predicted molar refractivity (Wildman–Crippen MR) is 121 cm³/mol. The molecule has 0 atom stereocenters. The molecular weight excluding hydrogens is 422 g/mol. The van der Waals surface area contributed by atoms with E-state index >= 15 is 0 Å². The molecule has 0 aliphatic carbocycles. The second-order valence-corrected chi connectivity index (χ2v) is 7.17. The number of ether oxygens (including phenoxy) is 2. The van der Waals surface area contributed by atoms with Crippen LogP contribution in [0.15, 0.2) is 97.0 Å². The third-order valence-corrected chi connectivity index (χ3v) is 5.03. The zero-order valence-electron chi connectivity index (χ0n) is 17.5. The number of rotatable bonds is 5. The second kappa shape index (κ2) is 8.51. The first-order chi connectivity index (χ1) is 16.1. The van der Waals surface area contributed by atoms with Crippen LogP contribution < -0.4 is 25.8 Å². The molecule has 0 N–H and O–H groups in total. The number of aliphatic imine (C=N–C) groups is 1. The molecule has 3 aromatic carbocycles. The molecule has 1 aromatic heterocycles. The molecule has 0 radical (unpaired) electrons. The van der Waals surface area contributed by atoms with Crippen molar-refractivity contribution in [3.05, 3.63) is 93.9 Å². The summed E-state index contributed by atoms with van der Waals surface area (Å²) in [5, 5.41) is 2.07. The Bertz CT molecular complexity index is 1550. The van der Waals surface area contributed by atoms with Gasteiger partial charge in [-0.15, -0.1) is 0 Å². The summed E-state index contributed by atoms with van der Waals surface area (Å²) < 4.78 is 16.1. The molecule has 8 heteroatoms. The van der Waals surface area contributed by atoms with E-state index < -0.39 is 11.5 Å². The SMILES string of the molecule is COc1ccc(-c2cc(=O)oc3cc(OCC(=O)N=C4N=c5ccccc5=N4)ccc23)cc1. The van der Waals surface area contributed by atoms with E-state index in [0.29, 0.717) is 22.0 Å². The highest BCUT2D eigenvalue weighted by Crippen LogP contribution is 2.30. The standard InChI is InChI=1S/C25H17N3O5/c1-31-16-8-6-15(7-9-16)19-13-24(30)33-22-12-17(10-11-18(19)22)32-14-23(29)28-25-26-20-4-2-3-5-21(20)27-25/h2-13H,14H2,1H3. The largest absolute Gasteiger partial charge is 0.497 e. The fraction of sp³-hybridized carbons (Fsp3) is 0.0800. The number of methoxy groups -OCH3 is 1. The maximum absolute atomic E-state index is 12.2. The number of nitrogens with zero attached hydrogens (tertiary/aromatic N) is 3. The topological polar surface area (TPSA) is 103 Å². The van der Waals surface area contributed by atoms with Gasteiger partial charge >= 0.3 is 5.63 Å². The number of amides is 1. The van der Waals surface area contributed by atoms with Gasteiger partial charge in [0.15, 0.2) is 6.61 Å². The van der Waals surface area contributed by atoms with Crippen LogP contribution in [0.25, 0.3) is 22.1 Å². The van der Waals surface area contributed by atoms with Gasteiger partial charge in [0.05, 0.1) is 17.8 Å². The Kier molecular flexibility index (Phi) is 5.24. The average molecular weight is 439 g/mol. The molecular formula is C25H17N3O5. The summed E-state index contributed by atoms with van der Waals surface area (Å²) in [6, 6.07) is 21.1. The van der Waals surface area contributed by atoms with Gasteiger partial charge in [-0.3, -0.25) is 4.79 Å². The number of carbonyl (C=O) groups is 1. The Balaban J connectivity index is 1.36. The Morgan fingerprint density at radius 2 is 1.64 bits per heavy atom. The molecule has 1 aliphatic rings. The number of benzene rings is 3. The van der Waals surface area contributed by atoms with Crippen molar-refractivity contribution >= 4 is 22.8 Å². The van der Waals surface area contributed by atoms with Gasteiger partial charge in [-0.25, -0.2) is 14.8 Å². The summed E-state index contributed by atoms with van der Waals surface area (Å²) in [5.74, 6) is 0.656. The van der Waals surface area contributed by atoms with E-state index in [1.54, 1.807) is 37.4 Å². The first-order valence-electron chi connectivity index (χ1n) is 10.1. The highest BCUT2D eigenvalue weighted by molar-refractivity contribution is 5.96. The highest BCUT2D eigenvalue weighted by atomic mass is 16.5. The summed E-state index contributed by atoms with van der Waals surface area (Å²) in [4.78, 5) is 36.6. The number of carbonyl (C=O) groups excluding carboxylic acids is 1. The lowest BCUT2D eigenvalue weighted by Crippen LogP contribution is -2.19. The lowest BCUT2D eigenvalue weighted by atomic mass is 10.0. The van der Waals surface area contributed by atoms with E-state index in [1.807, 2.05) is 36.4 Å². The van der Waals surface area contributed by atoms with Gasteiger partial charge in [0.1, 0.15) is 17.1 Å². The van der Waals surface area contributed by atoms with Crippen molar-refractivity contribution in [2.45, 2.75) is 0 Å². The van der Waals surface area contributed by atoms with Gasteiger partial charge in [-0.1, -0.05) is 24.3 Å². The van der Waals surface area contributed by atoms with Crippen molar-refractivity contribution in [2.75, 3.05) is 13.7 Å². The van der Waals surface area contributed by atoms with Crippen molar-refractivity contribution in [1.29, 1.82) is 0 Å². The van der Waals surface area contributed by atoms with Crippen LogP contribution in [-0.4, -0.2) is 25.6 Å². The summed E-state index contributed by atoms with van der Waals surface area (Å²) in [7, 11) is 1.59. The average Bonchev–Trinajstić information content (AvgIpc) is 3.24. The molecule has 0 unspecified atom stereocenters. The predicted octanol–water partition coefficient (Wildman–Crippen LogP) is 2.68. The summed E-state index contributed by atoms with van der Waals surface area (Å²) >= 11 is 0. The Hall–Kier alpha value is -4.59. The third kappa shape index (κ3) is 4.27. The Morgan fingerprint density at radius 3 is 2.33 bits per heavy atom. The lowest BCUT2D eigenvalue weighted by molar-refractivity contribution is -0.119. The zero-order valence-corrected chi connectivity index (χ0v) is 17.5. The lowest BCUT2D eigenvalue weighted by Gasteiger charge is -2.09. The van der Waals surface area contributed by atoms with Gasteiger partial charge in [0.25, 0.3) is 11.9 Å². The molecule has 162 valence electrons. The third-order valence-electron chi connectivity index (χ3n) is 5.03. The van der Waals surface area contributed by atoms with Crippen LogP contribution in [0.5, 0.6) is 11.5 Å². The quantitative estimate of drug-likeness (QED) is 0.445. The van der Waals surface area contributed by atoms with Crippen molar-refractivity contribution in [2.24, 2.45) is 15.0 Å². The summed E-state index contributed by atoms with van der Waals surface area (Å²) in [6.07, 6.45) is 0. The van der Waals surface area contributed by atoms with Crippen molar-refractivity contribution in [3.63, 3.8) is 0 Å². The molecule has 33 heavy (non-hydrogen) atoms. The van der Waals surface area contributed by atoms with E-state index in [1.165, 1.54) is 6.07 Å². The van der Waals surface area contributed by atoms with E-state index in [2.05, 4.69) is 15.0 Å². The van der Waals surface area contributed by atoms with Crippen LogP contribution in [0.4, 0.5) is 0 Å². The Labute approximate surface area is 187 Å². The molecule has 5 rings (SSSR count). The smallest absolute Gasteiger partial charge is 0.336 e. The van der Waals surface area contributed by atoms with Gasteiger partial charge < -0.3 is 13.9 Å². The minimum Gasteiger partial charge on any atom is -0.497 e. The molecule has 1 amide bonds. The molecule has 1 aliphatic heterocycles. The molecule has 8 nitrogen and oxygen atoms in total. The van der Waals surface area contributed by atoms with Crippen molar-refractivity contribution < 1.29 is 18.7 Å². The highest BCUT2D eigenvalue weighted by Gasteiger charge is 2.11. The molecule has 0 spiro atoms. The molecule has 0 saturated carbocycles. The number of fused-ring (bicyclic) bond motifs is 2. The zero-order chi connectivity index (χ0) is 22.8. The van der Waals surface area contributed by atoms with E-state index in [4.69, 9.17) is 13.9 Å². The monoisotopic (exact) mass is 439 g/mol. The molecule has 4 aromatic rings. The maximum Gasteiger partial charge on any atom is 0.336 e. The van der Waals surface area contributed by atoms with Gasteiger partial charge in [-0.05, 0) is 47.5 Å². The molecule has 0 fully saturated rings. The van der Waals surface area contributed by atoms with Gasteiger partial charge in [0.2, 0.25) is 0 Å². The Morgan fingerprint density at radius 1 is 0.939 bits per heavy atom. The summed E-state index contributed by atoms with van der Waals surface area (Å²) in [5.41, 5.74) is 1.43. The maximum atomic E-state index is 12.2.